The molecule has 0 unspecified atom stereocenters. The van der Waals surface area contributed by atoms with Crippen molar-refractivity contribution in [2.75, 3.05) is 39.1 Å². The van der Waals surface area contributed by atoms with E-state index in [-0.39, 0.29) is 18.0 Å². The van der Waals surface area contributed by atoms with Crippen molar-refractivity contribution in [1.29, 1.82) is 0 Å². The van der Waals surface area contributed by atoms with Crippen LogP contribution in [0.15, 0.2) is 30.6 Å². The third-order valence-corrected chi connectivity index (χ3v) is 8.16. The van der Waals surface area contributed by atoms with E-state index in [2.05, 4.69) is 19.9 Å². The number of hydrogen-bond donors (Lipinski definition) is 1. The molecule has 5 rings (SSSR count). The number of hydrogen-bond acceptors (Lipinski definition) is 8. The zero-order valence-corrected chi connectivity index (χ0v) is 26.1. The lowest BCUT2D eigenvalue weighted by Crippen LogP contribution is -2.41. The van der Waals surface area contributed by atoms with Crippen LogP contribution in [-0.4, -0.2) is 80.7 Å². The summed E-state index contributed by atoms with van der Waals surface area (Å²) >= 11 is 0. The SMILES string of the molecule is CN(C)C(=O)c1cc2cnc(Nc3ccc(OCCCC4CCN(C(=O)OC(C)(C)C)CC4)cn3)nc2n1C1CCCC1. The molecule has 0 radical (unpaired) electrons. The monoisotopic (exact) mass is 591 g/mol. The van der Waals surface area contributed by atoms with Crippen molar-refractivity contribution < 1.29 is 19.1 Å². The van der Waals surface area contributed by atoms with E-state index in [1.807, 2.05) is 43.9 Å². The summed E-state index contributed by atoms with van der Waals surface area (Å²) in [4.78, 5) is 42.4. The number of fused-ring (bicyclic) bond motifs is 1. The van der Waals surface area contributed by atoms with Gasteiger partial charge in [0.1, 0.15) is 28.5 Å². The quantitative estimate of drug-likeness (QED) is 0.293. The van der Waals surface area contributed by atoms with E-state index in [0.717, 1.165) is 75.5 Å². The largest absolute Gasteiger partial charge is 0.492 e. The molecule has 1 N–H and O–H groups in total. The molecule has 3 aromatic rings. The predicted octanol–water partition coefficient (Wildman–Crippen LogP) is 6.19. The lowest BCUT2D eigenvalue weighted by molar-refractivity contribution is 0.0179. The maximum absolute atomic E-state index is 12.9. The summed E-state index contributed by atoms with van der Waals surface area (Å²) in [6.07, 6.45) is 11.7. The van der Waals surface area contributed by atoms with Gasteiger partial charge in [-0.1, -0.05) is 12.8 Å². The van der Waals surface area contributed by atoms with Gasteiger partial charge in [0, 0.05) is 44.8 Å². The average molecular weight is 592 g/mol. The van der Waals surface area contributed by atoms with Gasteiger partial charge in [0.15, 0.2) is 0 Å². The van der Waals surface area contributed by atoms with E-state index >= 15 is 0 Å². The Hall–Kier alpha value is -3.89. The molecule has 0 aromatic carbocycles. The number of pyridine rings is 1. The molecule has 1 saturated heterocycles. The minimum absolute atomic E-state index is 0.0275. The molecule has 3 aromatic heterocycles. The van der Waals surface area contributed by atoms with Gasteiger partial charge >= 0.3 is 6.09 Å². The molecule has 2 fully saturated rings. The Morgan fingerprint density at radius 1 is 1.05 bits per heavy atom. The average Bonchev–Trinajstić information content (AvgIpc) is 3.63. The van der Waals surface area contributed by atoms with Crippen LogP contribution in [0, 0.1) is 5.92 Å². The fraction of sp³-hybridized carbons (Fsp3) is 0.594. The van der Waals surface area contributed by atoms with Gasteiger partial charge in [-0.25, -0.2) is 14.8 Å². The number of likely N-dealkylation sites (tertiary alicyclic amines) is 1. The first-order valence-corrected chi connectivity index (χ1v) is 15.5. The zero-order valence-electron chi connectivity index (χ0n) is 26.1. The summed E-state index contributed by atoms with van der Waals surface area (Å²) in [6, 6.07) is 5.91. The Bertz CT molecular complexity index is 1400. The van der Waals surface area contributed by atoms with Gasteiger partial charge in [0.2, 0.25) is 5.95 Å². The number of nitrogens with zero attached hydrogens (tertiary/aromatic N) is 6. The van der Waals surface area contributed by atoms with Crippen molar-refractivity contribution in [1.82, 2.24) is 29.3 Å². The molecular formula is C32H45N7O4. The van der Waals surface area contributed by atoms with Crippen LogP contribution in [-0.2, 0) is 4.74 Å². The third kappa shape index (κ3) is 7.74. The maximum atomic E-state index is 12.9. The summed E-state index contributed by atoms with van der Waals surface area (Å²) in [7, 11) is 3.55. The first-order valence-electron chi connectivity index (χ1n) is 15.5. The number of rotatable bonds is 9. The summed E-state index contributed by atoms with van der Waals surface area (Å²) < 4.78 is 13.5. The summed E-state index contributed by atoms with van der Waals surface area (Å²) in [5.41, 5.74) is 0.964. The molecule has 11 heteroatoms. The number of aromatic nitrogens is 4. The van der Waals surface area contributed by atoms with Gasteiger partial charge < -0.3 is 29.2 Å². The molecule has 2 aliphatic rings. The van der Waals surface area contributed by atoms with Gasteiger partial charge in [-0.15, -0.1) is 0 Å². The lowest BCUT2D eigenvalue weighted by atomic mass is 9.92. The second-order valence-corrected chi connectivity index (χ2v) is 12.9. The molecule has 2 amide bonds. The van der Waals surface area contributed by atoms with Gasteiger partial charge in [-0.3, -0.25) is 4.79 Å². The van der Waals surface area contributed by atoms with E-state index in [4.69, 9.17) is 14.5 Å². The highest BCUT2D eigenvalue weighted by atomic mass is 16.6. The van der Waals surface area contributed by atoms with E-state index in [0.29, 0.717) is 35.7 Å². The first kappa shape index (κ1) is 30.6. The van der Waals surface area contributed by atoms with Crippen molar-refractivity contribution in [2.24, 2.45) is 5.92 Å². The Morgan fingerprint density at radius 3 is 2.44 bits per heavy atom. The summed E-state index contributed by atoms with van der Waals surface area (Å²) in [5, 5.41) is 4.06. The van der Waals surface area contributed by atoms with Crippen LogP contribution in [0.1, 0.15) is 88.7 Å². The van der Waals surface area contributed by atoms with E-state index in [1.54, 1.807) is 31.4 Å². The molecule has 0 bridgehead atoms. The maximum Gasteiger partial charge on any atom is 0.410 e. The highest BCUT2D eigenvalue weighted by Crippen LogP contribution is 2.35. The van der Waals surface area contributed by atoms with E-state index in [9.17, 15) is 9.59 Å². The normalized spacial score (nSPS) is 16.4. The Morgan fingerprint density at radius 2 is 1.79 bits per heavy atom. The highest BCUT2D eigenvalue weighted by molar-refractivity contribution is 5.97. The van der Waals surface area contributed by atoms with E-state index < -0.39 is 5.60 Å². The highest BCUT2D eigenvalue weighted by Gasteiger charge is 2.28. The molecule has 0 atom stereocenters. The first-order chi connectivity index (χ1) is 20.6. The number of piperidine rings is 1. The molecular weight excluding hydrogens is 546 g/mol. The van der Waals surface area contributed by atoms with Crippen molar-refractivity contribution in [3.63, 3.8) is 0 Å². The fourth-order valence-corrected chi connectivity index (χ4v) is 5.94. The molecule has 1 aliphatic carbocycles. The van der Waals surface area contributed by atoms with Crippen molar-refractivity contribution in [2.45, 2.75) is 83.8 Å². The molecule has 4 heterocycles. The number of ether oxygens (including phenoxy) is 2. The minimum Gasteiger partial charge on any atom is -0.492 e. The third-order valence-electron chi connectivity index (χ3n) is 8.16. The Labute approximate surface area is 254 Å². The molecule has 1 saturated carbocycles. The van der Waals surface area contributed by atoms with Crippen LogP contribution in [0.25, 0.3) is 11.0 Å². The van der Waals surface area contributed by atoms with Gasteiger partial charge in [0.25, 0.3) is 5.91 Å². The van der Waals surface area contributed by atoms with Crippen LogP contribution < -0.4 is 10.1 Å². The molecule has 0 spiro atoms. The second-order valence-electron chi connectivity index (χ2n) is 12.9. The second kappa shape index (κ2) is 13.2. The van der Waals surface area contributed by atoms with Gasteiger partial charge in [-0.2, -0.15) is 4.98 Å². The number of nitrogens with one attached hydrogen (secondary N) is 1. The summed E-state index contributed by atoms with van der Waals surface area (Å²) in [6.45, 7) is 7.80. The molecule has 1 aliphatic heterocycles. The number of anilines is 2. The van der Waals surface area contributed by atoms with Crippen molar-refractivity contribution >= 4 is 34.8 Å². The fourth-order valence-electron chi connectivity index (χ4n) is 5.94. The minimum atomic E-state index is -0.461. The zero-order chi connectivity index (χ0) is 30.6. The van der Waals surface area contributed by atoms with Crippen LogP contribution >= 0.6 is 0 Å². The smallest absolute Gasteiger partial charge is 0.410 e. The van der Waals surface area contributed by atoms with Crippen LogP contribution in [0.4, 0.5) is 16.6 Å². The Balaban J connectivity index is 1.12. The van der Waals surface area contributed by atoms with Gasteiger partial charge in [-0.05, 0) is 83.4 Å². The summed E-state index contributed by atoms with van der Waals surface area (Å²) in [5.74, 6) is 2.33. The van der Waals surface area contributed by atoms with Crippen LogP contribution in [0.3, 0.4) is 0 Å². The van der Waals surface area contributed by atoms with Crippen molar-refractivity contribution in [3.05, 3.63) is 36.3 Å². The molecule has 43 heavy (non-hydrogen) atoms. The van der Waals surface area contributed by atoms with Crippen molar-refractivity contribution in [3.8, 4) is 5.75 Å². The standard InChI is InChI=1S/C32H45N7O4/c1-32(2,3)43-31(41)38-16-14-22(15-17-38)9-8-18-42-25-12-13-27(33-21-25)35-30-34-20-23-19-26(29(40)37(4)5)39(28(23)36-30)24-10-6-7-11-24/h12-13,19-22,24H,6-11,14-18H2,1-5H3,(H,33,34,35,36). The molecule has 232 valence electrons. The molecule has 11 nitrogen and oxygen atoms in total. The van der Waals surface area contributed by atoms with Gasteiger partial charge in [0.05, 0.1) is 12.8 Å². The number of amides is 2. The topological polar surface area (TPSA) is 115 Å². The van der Waals surface area contributed by atoms with E-state index in [1.165, 1.54) is 0 Å². The van der Waals surface area contributed by atoms with Crippen LogP contribution in [0.2, 0.25) is 0 Å². The number of carbonyl (C=O) groups excluding carboxylic acids is 2. The number of carbonyl (C=O) groups is 2. The van der Waals surface area contributed by atoms with Crippen LogP contribution in [0.5, 0.6) is 5.75 Å². The predicted molar refractivity (Wildman–Crippen MR) is 166 cm³/mol. The Kier molecular flexibility index (Phi) is 9.37. The lowest BCUT2D eigenvalue weighted by Gasteiger charge is -2.33.